The summed E-state index contributed by atoms with van der Waals surface area (Å²) >= 11 is 0. The molecule has 0 aliphatic heterocycles. The van der Waals surface area contributed by atoms with Gasteiger partial charge in [-0.25, -0.2) is 13.5 Å². The van der Waals surface area contributed by atoms with Gasteiger partial charge in [-0.15, -0.1) is 5.10 Å². The zero-order valence-corrected chi connectivity index (χ0v) is 10.6. The second kappa shape index (κ2) is 5.72. The van der Waals surface area contributed by atoms with Gasteiger partial charge in [-0.1, -0.05) is 13.0 Å². The van der Waals surface area contributed by atoms with Crippen molar-refractivity contribution < 1.29 is 18.7 Å². The summed E-state index contributed by atoms with van der Waals surface area (Å²) < 4.78 is 27.3. The lowest BCUT2D eigenvalue weighted by Crippen LogP contribution is -2.19. The fraction of sp³-hybridized carbons (Fsp3) is 0.333. The van der Waals surface area contributed by atoms with Crippen molar-refractivity contribution in [3.8, 4) is 0 Å². The number of aromatic nitrogens is 4. The van der Waals surface area contributed by atoms with E-state index in [1.807, 2.05) is 0 Å². The van der Waals surface area contributed by atoms with Gasteiger partial charge in [0.15, 0.2) is 17.5 Å². The molecule has 0 radical (unpaired) electrons. The van der Waals surface area contributed by atoms with Crippen LogP contribution in [0.5, 0.6) is 0 Å². The number of carboxylic acid groups (broad SMARTS) is 1. The van der Waals surface area contributed by atoms with E-state index in [4.69, 9.17) is 5.11 Å². The van der Waals surface area contributed by atoms with Crippen LogP contribution in [0.2, 0.25) is 0 Å². The molecule has 1 unspecified atom stereocenters. The van der Waals surface area contributed by atoms with E-state index in [0.29, 0.717) is 11.4 Å². The smallest absolute Gasteiger partial charge is 0.308 e. The third-order valence-electron chi connectivity index (χ3n) is 2.82. The van der Waals surface area contributed by atoms with Crippen LogP contribution in [-0.2, 0) is 17.8 Å². The van der Waals surface area contributed by atoms with Gasteiger partial charge in [-0.2, -0.15) is 0 Å². The molecule has 1 atom stereocenters. The van der Waals surface area contributed by atoms with Crippen LogP contribution in [0.15, 0.2) is 18.2 Å². The number of rotatable bonds is 5. The molecular formula is C12H12F2N4O2. The minimum absolute atomic E-state index is 0.112. The van der Waals surface area contributed by atoms with Crippen molar-refractivity contribution in [3.63, 3.8) is 0 Å². The molecular weight excluding hydrogens is 270 g/mol. The monoisotopic (exact) mass is 282 g/mol. The molecule has 2 aromatic rings. The fourth-order valence-electron chi connectivity index (χ4n) is 1.66. The van der Waals surface area contributed by atoms with E-state index >= 15 is 0 Å². The molecule has 0 saturated carbocycles. The van der Waals surface area contributed by atoms with Crippen molar-refractivity contribution in [2.24, 2.45) is 5.92 Å². The SMILES string of the molecule is CC(Cn1nnnc1Cc1ccc(F)c(F)c1)C(=O)O. The fourth-order valence-corrected chi connectivity index (χ4v) is 1.66. The minimum atomic E-state index is -0.959. The summed E-state index contributed by atoms with van der Waals surface area (Å²) in [4.78, 5) is 10.8. The zero-order chi connectivity index (χ0) is 14.7. The Kier molecular flexibility index (Phi) is 4.02. The molecule has 1 N–H and O–H groups in total. The van der Waals surface area contributed by atoms with Gasteiger partial charge >= 0.3 is 5.97 Å². The number of tetrazole rings is 1. The van der Waals surface area contributed by atoms with E-state index in [0.717, 1.165) is 12.1 Å². The van der Waals surface area contributed by atoms with Crippen LogP contribution in [0.4, 0.5) is 8.78 Å². The first-order chi connectivity index (χ1) is 9.47. The van der Waals surface area contributed by atoms with Gasteiger partial charge in [-0.3, -0.25) is 4.79 Å². The molecule has 106 valence electrons. The van der Waals surface area contributed by atoms with Gasteiger partial charge in [0.25, 0.3) is 0 Å². The van der Waals surface area contributed by atoms with E-state index in [1.54, 1.807) is 0 Å². The Morgan fingerprint density at radius 2 is 2.15 bits per heavy atom. The summed E-state index contributed by atoms with van der Waals surface area (Å²) in [6, 6.07) is 3.52. The van der Waals surface area contributed by atoms with E-state index in [-0.39, 0.29) is 13.0 Å². The maximum atomic E-state index is 13.1. The highest BCUT2D eigenvalue weighted by Crippen LogP contribution is 2.12. The molecule has 1 heterocycles. The molecule has 8 heteroatoms. The van der Waals surface area contributed by atoms with Crippen LogP contribution in [0.3, 0.4) is 0 Å². The molecule has 0 saturated heterocycles. The molecule has 0 amide bonds. The number of carboxylic acids is 1. The van der Waals surface area contributed by atoms with Crippen LogP contribution in [0, 0.1) is 17.6 Å². The molecule has 20 heavy (non-hydrogen) atoms. The summed E-state index contributed by atoms with van der Waals surface area (Å²) in [5.41, 5.74) is 0.503. The predicted molar refractivity (Wildman–Crippen MR) is 63.8 cm³/mol. The van der Waals surface area contributed by atoms with Crippen molar-refractivity contribution in [1.29, 1.82) is 0 Å². The molecule has 6 nitrogen and oxygen atoms in total. The maximum Gasteiger partial charge on any atom is 0.308 e. The number of aliphatic carboxylic acids is 1. The third-order valence-corrected chi connectivity index (χ3v) is 2.82. The molecule has 0 bridgehead atoms. The van der Waals surface area contributed by atoms with E-state index in [1.165, 1.54) is 17.7 Å². The highest BCUT2D eigenvalue weighted by atomic mass is 19.2. The van der Waals surface area contributed by atoms with Gasteiger partial charge in [0.05, 0.1) is 12.5 Å². The highest BCUT2D eigenvalue weighted by molar-refractivity contribution is 5.69. The van der Waals surface area contributed by atoms with Gasteiger partial charge in [-0.05, 0) is 28.1 Å². The van der Waals surface area contributed by atoms with Crippen LogP contribution in [-0.4, -0.2) is 31.3 Å². The van der Waals surface area contributed by atoms with Crippen molar-refractivity contribution in [1.82, 2.24) is 20.2 Å². The molecule has 0 fully saturated rings. The largest absolute Gasteiger partial charge is 0.481 e. The molecule has 2 rings (SSSR count). The van der Waals surface area contributed by atoms with Crippen molar-refractivity contribution >= 4 is 5.97 Å². The lowest BCUT2D eigenvalue weighted by atomic mass is 10.1. The topological polar surface area (TPSA) is 80.9 Å². The van der Waals surface area contributed by atoms with Crippen molar-refractivity contribution in [2.45, 2.75) is 19.9 Å². The first-order valence-electron chi connectivity index (χ1n) is 5.89. The van der Waals surface area contributed by atoms with Gasteiger partial charge in [0, 0.05) is 6.42 Å². The summed E-state index contributed by atoms with van der Waals surface area (Å²) in [5, 5.41) is 19.8. The minimum Gasteiger partial charge on any atom is -0.481 e. The molecule has 0 aliphatic carbocycles. The lowest BCUT2D eigenvalue weighted by Gasteiger charge is -2.08. The van der Waals surface area contributed by atoms with Crippen LogP contribution in [0.25, 0.3) is 0 Å². The average Bonchev–Trinajstić information content (AvgIpc) is 2.81. The Hall–Kier alpha value is -2.38. The Morgan fingerprint density at radius 3 is 2.80 bits per heavy atom. The second-order valence-corrected chi connectivity index (χ2v) is 4.44. The number of benzene rings is 1. The first-order valence-corrected chi connectivity index (χ1v) is 5.89. The summed E-state index contributed by atoms with van der Waals surface area (Å²) in [5.74, 6) is -3.08. The van der Waals surface area contributed by atoms with Crippen LogP contribution < -0.4 is 0 Å². The Bertz CT molecular complexity index is 630. The Morgan fingerprint density at radius 1 is 1.40 bits per heavy atom. The number of hydrogen-bond donors (Lipinski definition) is 1. The summed E-state index contributed by atoms with van der Waals surface area (Å²) in [6.07, 6.45) is 0.191. The standard InChI is InChI=1S/C12H12F2N4O2/c1-7(12(19)20)6-18-11(15-16-17-18)5-8-2-3-9(13)10(14)4-8/h2-4,7H,5-6H2,1H3,(H,19,20). The van der Waals surface area contributed by atoms with Crippen LogP contribution >= 0.6 is 0 Å². The molecule has 1 aromatic heterocycles. The molecule has 1 aromatic carbocycles. The number of carbonyl (C=O) groups is 1. The van der Waals surface area contributed by atoms with E-state index in [9.17, 15) is 13.6 Å². The quantitative estimate of drug-likeness (QED) is 0.893. The zero-order valence-electron chi connectivity index (χ0n) is 10.6. The van der Waals surface area contributed by atoms with Crippen molar-refractivity contribution in [2.75, 3.05) is 0 Å². The predicted octanol–water partition coefficient (Wildman–Crippen LogP) is 1.26. The number of nitrogens with zero attached hydrogens (tertiary/aromatic N) is 4. The van der Waals surface area contributed by atoms with Crippen molar-refractivity contribution in [3.05, 3.63) is 41.2 Å². The maximum absolute atomic E-state index is 13.1. The first kappa shape index (κ1) is 14.0. The molecule has 0 spiro atoms. The average molecular weight is 282 g/mol. The number of halogens is 2. The summed E-state index contributed by atoms with van der Waals surface area (Å²) in [7, 11) is 0. The van der Waals surface area contributed by atoms with E-state index in [2.05, 4.69) is 15.5 Å². The number of hydrogen-bond acceptors (Lipinski definition) is 4. The summed E-state index contributed by atoms with van der Waals surface area (Å²) in [6.45, 7) is 1.65. The van der Waals surface area contributed by atoms with E-state index < -0.39 is 23.5 Å². The second-order valence-electron chi connectivity index (χ2n) is 4.44. The highest BCUT2D eigenvalue weighted by Gasteiger charge is 2.16. The lowest BCUT2D eigenvalue weighted by molar-refractivity contribution is -0.141. The Balaban J connectivity index is 2.16. The van der Waals surface area contributed by atoms with Gasteiger partial charge in [0.2, 0.25) is 0 Å². The third kappa shape index (κ3) is 3.14. The normalized spacial score (nSPS) is 12.3. The van der Waals surface area contributed by atoms with Gasteiger partial charge < -0.3 is 5.11 Å². The van der Waals surface area contributed by atoms with Crippen LogP contribution in [0.1, 0.15) is 18.3 Å². The molecule has 0 aliphatic rings. The van der Waals surface area contributed by atoms with Gasteiger partial charge in [0.1, 0.15) is 0 Å². The Labute approximate surface area is 113 Å².